The highest BCUT2D eigenvalue weighted by Crippen LogP contribution is 2.30. The van der Waals surface area contributed by atoms with Gasteiger partial charge in [-0.1, -0.05) is 6.07 Å². The Morgan fingerprint density at radius 1 is 1.22 bits per heavy atom. The van der Waals surface area contributed by atoms with Gasteiger partial charge in [0.05, 0.1) is 22.6 Å². The summed E-state index contributed by atoms with van der Waals surface area (Å²) in [5.74, 6) is -0.328. The zero-order valence-electron chi connectivity index (χ0n) is 9.24. The third kappa shape index (κ3) is 2.44. The first-order chi connectivity index (χ1) is 8.61. The zero-order chi connectivity index (χ0) is 13.1. The van der Waals surface area contributed by atoms with Crippen LogP contribution in [0.25, 0.3) is 0 Å². The predicted octanol–water partition coefficient (Wildman–Crippen LogP) is 3.79. The number of halogens is 2. The average molecular weight is 306 g/mol. The molecule has 90 valence electrons. The van der Waals surface area contributed by atoms with Crippen LogP contribution in [0.15, 0.2) is 40.9 Å². The van der Waals surface area contributed by atoms with Gasteiger partial charge in [-0.15, -0.1) is 0 Å². The van der Waals surface area contributed by atoms with Gasteiger partial charge in [0, 0.05) is 4.47 Å². The fraction of sp³-hybridized carbons (Fsp3) is 0. The smallest absolute Gasteiger partial charge is 0.124 e. The number of nitrogens with one attached hydrogen (secondary N) is 1. The van der Waals surface area contributed by atoms with Crippen LogP contribution in [0.1, 0.15) is 5.56 Å². The summed E-state index contributed by atoms with van der Waals surface area (Å²) in [7, 11) is 0. The van der Waals surface area contributed by atoms with Crippen molar-refractivity contribution >= 4 is 33.0 Å². The number of rotatable bonds is 2. The van der Waals surface area contributed by atoms with Gasteiger partial charge in [0.15, 0.2) is 0 Å². The highest BCUT2D eigenvalue weighted by molar-refractivity contribution is 9.10. The van der Waals surface area contributed by atoms with Crippen molar-refractivity contribution < 1.29 is 4.39 Å². The molecular weight excluding hydrogens is 297 g/mol. The Labute approximate surface area is 112 Å². The van der Waals surface area contributed by atoms with Crippen molar-refractivity contribution in [2.24, 2.45) is 0 Å². The Kier molecular flexibility index (Phi) is 3.49. The molecule has 0 fully saturated rings. The van der Waals surface area contributed by atoms with Crippen LogP contribution >= 0.6 is 15.9 Å². The second-order valence-electron chi connectivity index (χ2n) is 3.63. The number of benzene rings is 2. The Morgan fingerprint density at radius 3 is 2.67 bits per heavy atom. The fourth-order valence-corrected chi connectivity index (χ4v) is 1.96. The summed E-state index contributed by atoms with van der Waals surface area (Å²) in [4.78, 5) is 0. The monoisotopic (exact) mass is 305 g/mol. The van der Waals surface area contributed by atoms with E-state index in [-0.39, 0.29) is 5.82 Å². The molecule has 2 aromatic carbocycles. The number of nitrogens with two attached hydrogens (primary N) is 1. The number of hydrogen-bond donors (Lipinski definition) is 2. The van der Waals surface area contributed by atoms with Crippen LogP contribution in [0, 0.1) is 17.1 Å². The molecule has 0 heterocycles. The molecule has 0 aromatic heterocycles. The van der Waals surface area contributed by atoms with Crippen molar-refractivity contribution in [1.82, 2.24) is 0 Å². The molecular formula is C13H9BrFN3. The molecule has 0 unspecified atom stereocenters. The van der Waals surface area contributed by atoms with Gasteiger partial charge in [0.2, 0.25) is 0 Å². The molecule has 0 aliphatic heterocycles. The maximum atomic E-state index is 13.0. The third-order valence-corrected chi connectivity index (χ3v) is 3.08. The molecule has 0 atom stereocenters. The summed E-state index contributed by atoms with van der Waals surface area (Å²) in [5.41, 5.74) is 7.91. The predicted molar refractivity (Wildman–Crippen MR) is 73.0 cm³/mol. The Bertz CT molecular complexity index is 635. The van der Waals surface area contributed by atoms with E-state index in [0.717, 1.165) is 0 Å². The third-order valence-electron chi connectivity index (χ3n) is 2.43. The van der Waals surface area contributed by atoms with E-state index in [0.29, 0.717) is 27.1 Å². The standard InChI is InChI=1S/C13H9BrFN3/c14-10-6-9(15)4-5-11(10)18-12-3-1-2-8(7-16)13(12)17/h1-6,18H,17H2. The lowest BCUT2D eigenvalue weighted by Crippen LogP contribution is -1.99. The SMILES string of the molecule is N#Cc1cccc(Nc2ccc(F)cc2Br)c1N. The van der Waals surface area contributed by atoms with E-state index in [1.54, 1.807) is 24.3 Å². The molecule has 3 nitrogen and oxygen atoms in total. The van der Waals surface area contributed by atoms with Crippen molar-refractivity contribution in [3.63, 3.8) is 0 Å². The minimum absolute atomic E-state index is 0.328. The van der Waals surface area contributed by atoms with Crippen LogP contribution in [0.3, 0.4) is 0 Å². The summed E-state index contributed by atoms with van der Waals surface area (Å²) in [6.07, 6.45) is 0. The second-order valence-corrected chi connectivity index (χ2v) is 4.48. The summed E-state index contributed by atoms with van der Waals surface area (Å²) >= 11 is 3.26. The Morgan fingerprint density at radius 2 is 2.00 bits per heavy atom. The van der Waals surface area contributed by atoms with Crippen molar-refractivity contribution in [3.05, 3.63) is 52.3 Å². The van der Waals surface area contributed by atoms with Gasteiger partial charge in [-0.25, -0.2) is 4.39 Å². The van der Waals surface area contributed by atoms with Crippen LogP contribution in [0.4, 0.5) is 21.5 Å². The highest BCUT2D eigenvalue weighted by atomic mass is 79.9. The maximum Gasteiger partial charge on any atom is 0.124 e. The van der Waals surface area contributed by atoms with Gasteiger partial charge in [0.1, 0.15) is 11.9 Å². The van der Waals surface area contributed by atoms with Crippen molar-refractivity contribution in [3.8, 4) is 6.07 Å². The highest BCUT2D eigenvalue weighted by Gasteiger charge is 2.07. The van der Waals surface area contributed by atoms with E-state index in [1.807, 2.05) is 6.07 Å². The van der Waals surface area contributed by atoms with E-state index >= 15 is 0 Å². The Balaban J connectivity index is 2.38. The van der Waals surface area contributed by atoms with Crippen LogP contribution in [-0.4, -0.2) is 0 Å². The van der Waals surface area contributed by atoms with Gasteiger partial charge in [-0.3, -0.25) is 0 Å². The van der Waals surface area contributed by atoms with Crippen molar-refractivity contribution in [2.75, 3.05) is 11.1 Å². The number of anilines is 3. The second kappa shape index (κ2) is 5.07. The number of nitrogen functional groups attached to an aromatic ring is 1. The minimum Gasteiger partial charge on any atom is -0.396 e. The maximum absolute atomic E-state index is 13.0. The average Bonchev–Trinajstić information content (AvgIpc) is 2.35. The summed E-state index contributed by atoms with van der Waals surface area (Å²) in [5, 5.41) is 11.9. The molecule has 2 aromatic rings. The molecule has 0 radical (unpaired) electrons. The van der Waals surface area contributed by atoms with Crippen LogP contribution in [-0.2, 0) is 0 Å². The van der Waals surface area contributed by atoms with E-state index in [2.05, 4.69) is 21.2 Å². The van der Waals surface area contributed by atoms with E-state index in [9.17, 15) is 4.39 Å². The fourth-order valence-electron chi connectivity index (χ4n) is 1.51. The minimum atomic E-state index is -0.328. The summed E-state index contributed by atoms with van der Waals surface area (Å²) in [6.45, 7) is 0. The van der Waals surface area contributed by atoms with Gasteiger partial charge >= 0.3 is 0 Å². The molecule has 5 heteroatoms. The number of nitriles is 1. The molecule has 0 amide bonds. The Hall–Kier alpha value is -2.06. The van der Waals surface area contributed by atoms with Gasteiger partial charge in [0.25, 0.3) is 0 Å². The topological polar surface area (TPSA) is 61.8 Å². The first kappa shape index (κ1) is 12.4. The van der Waals surface area contributed by atoms with Gasteiger partial charge in [-0.2, -0.15) is 5.26 Å². The lowest BCUT2D eigenvalue weighted by atomic mass is 10.1. The van der Waals surface area contributed by atoms with Crippen LogP contribution in [0.2, 0.25) is 0 Å². The summed E-state index contributed by atoms with van der Waals surface area (Å²) in [6, 6.07) is 11.4. The van der Waals surface area contributed by atoms with Crippen LogP contribution < -0.4 is 11.1 Å². The van der Waals surface area contributed by atoms with Gasteiger partial charge in [-0.05, 0) is 46.3 Å². The normalized spacial score (nSPS) is 9.83. The molecule has 0 saturated heterocycles. The number of hydrogen-bond acceptors (Lipinski definition) is 3. The number of para-hydroxylation sites is 1. The number of nitrogens with zero attached hydrogens (tertiary/aromatic N) is 1. The zero-order valence-corrected chi connectivity index (χ0v) is 10.8. The lowest BCUT2D eigenvalue weighted by molar-refractivity contribution is 0.627. The van der Waals surface area contributed by atoms with E-state index in [4.69, 9.17) is 11.0 Å². The van der Waals surface area contributed by atoms with Crippen molar-refractivity contribution in [1.29, 1.82) is 5.26 Å². The van der Waals surface area contributed by atoms with Crippen molar-refractivity contribution in [2.45, 2.75) is 0 Å². The molecule has 3 N–H and O–H groups in total. The largest absolute Gasteiger partial charge is 0.396 e. The molecule has 0 bridgehead atoms. The van der Waals surface area contributed by atoms with E-state index < -0.39 is 0 Å². The molecule has 0 aliphatic carbocycles. The van der Waals surface area contributed by atoms with Crippen LogP contribution in [0.5, 0.6) is 0 Å². The quantitative estimate of drug-likeness (QED) is 0.830. The van der Waals surface area contributed by atoms with E-state index in [1.165, 1.54) is 12.1 Å². The first-order valence-corrected chi connectivity index (χ1v) is 5.92. The van der Waals surface area contributed by atoms with Gasteiger partial charge < -0.3 is 11.1 Å². The molecule has 18 heavy (non-hydrogen) atoms. The molecule has 0 spiro atoms. The molecule has 0 saturated carbocycles. The lowest BCUT2D eigenvalue weighted by Gasteiger charge is -2.11. The molecule has 0 aliphatic rings. The molecule has 2 rings (SSSR count). The summed E-state index contributed by atoms with van der Waals surface area (Å²) < 4.78 is 13.5. The first-order valence-electron chi connectivity index (χ1n) is 5.12.